The SMILES string of the molecule is Cc1ccc(CC(=O)Nc2nc(C(C)(C)C)cs2)c(C)c1. The molecule has 0 bridgehead atoms. The van der Waals surface area contributed by atoms with Gasteiger partial charge in [-0.1, -0.05) is 44.5 Å². The molecule has 1 amide bonds. The van der Waals surface area contributed by atoms with Crippen LogP contribution in [-0.2, 0) is 16.6 Å². The van der Waals surface area contributed by atoms with E-state index in [2.05, 4.69) is 44.1 Å². The zero-order valence-electron chi connectivity index (χ0n) is 13.3. The quantitative estimate of drug-likeness (QED) is 0.921. The van der Waals surface area contributed by atoms with Gasteiger partial charge in [-0.15, -0.1) is 11.3 Å². The van der Waals surface area contributed by atoms with Gasteiger partial charge in [-0.25, -0.2) is 4.98 Å². The number of aromatic nitrogens is 1. The molecular weight excluding hydrogens is 280 g/mol. The molecule has 4 heteroatoms. The van der Waals surface area contributed by atoms with Crippen LogP contribution < -0.4 is 5.32 Å². The number of hydrogen-bond acceptors (Lipinski definition) is 3. The van der Waals surface area contributed by atoms with Crippen molar-refractivity contribution in [1.82, 2.24) is 4.98 Å². The molecule has 1 aromatic carbocycles. The number of amides is 1. The van der Waals surface area contributed by atoms with Crippen LogP contribution in [0.15, 0.2) is 23.6 Å². The Morgan fingerprint density at radius 1 is 1.29 bits per heavy atom. The lowest BCUT2D eigenvalue weighted by molar-refractivity contribution is -0.115. The molecule has 0 atom stereocenters. The molecule has 0 aliphatic rings. The topological polar surface area (TPSA) is 42.0 Å². The zero-order chi connectivity index (χ0) is 15.6. The molecule has 0 unspecified atom stereocenters. The number of carbonyl (C=O) groups is 1. The normalized spacial score (nSPS) is 11.5. The van der Waals surface area contributed by atoms with E-state index in [0.29, 0.717) is 11.6 Å². The molecule has 2 aromatic rings. The number of anilines is 1. The molecule has 0 saturated heterocycles. The van der Waals surface area contributed by atoms with Crippen LogP contribution in [0.3, 0.4) is 0 Å². The van der Waals surface area contributed by atoms with Crippen LogP contribution >= 0.6 is 11.3 Å². The van der Waals surface area contributed by atoms with Crippen molar-refractivity contribution in [1.29, 1.82) is 0 Å². The van der Waals surface area contributed by atoms with Crippen molar-refractivity contribution in [2.24, 2.45) is 0 Å². The van der Waals surface area contributed by atoms with Crippen molar-refractivity contribution in [3.63, 3.8) is 0 Å². The Bertz CT molecular complexity index is 653. The first-order valence-electron chi connectivity index (χ1n) is 7.07. The van der Waals surface area contributed by atoms with Crippen LogP contribution in [0.4, 0.5) is 5.13 Å². The van der Waals surface area contributed by atoms with Crippen LogP contribution in [0, 0.1) is 13.8 Å². The van der Waals surface area contributed by atoms with Gasteiger partial charge < -0.3 is 5.32 Å². The lowest BCUT2D eigenvalue weighted by Crippen LogP contribution is -2.16. The molecule has 1 N–H and O–H groups in total. The van der Waals surface area contributed by atoms with E-state index in [4.69, 9.17) is 0 Å². The second kappa shape index (κ2) is 5.98. The standard InChI is InChI=1S/C17H22N2OS/c1-11-6-7-13(12(2)8-11)9-15(20)19-16-18-14(10-21-16)17(3,4)5/h6-8,10H,9H2,1-5H3,(H,18,19,20). The van der Waals surface area contributed by atoms with E-state index in [1.54, 1.807) is 0 Å². The van der Waals surface area contributed by atoms with Crippen LogP contribution in [-0.4, -0.2) is 10.9 Å². The van der Waals surface area contributed by atoms with E-state index in [1.807, 2.05) is 24.4 Å². The highest BCUT2D eigenvalue weighted by atomic mass is 32.1. The highest BCUT2D eigenvalue weighted by molar-refractivity contribution is 7.13. The van der Waals surface area contributed by atoms with E-state index < -0.39 is 0 Å². The maximum Gasteiger partial charge on any atom is 0.230 e. The fourth-order valence-electron chi connectivity index (χ4n) is 2.06. The van der Waals surface area contributed by atoms with Gasteiger partial charge in [0.25, 0.3) is 0 Å². The van der Waals surface area contributed by atoms with Gasteiger partial charge in [0.1, 0.15) is 0 Å². The Labute approximate surface area is 130 Å². The van der Waals surface area contributed by atoms with Gasteiger partial charge in [-0.2, -0.15) is 0 Å². The molecule has 0 fully saturated rings. The third-order valence-electron chi connectivity index (χ3n) is 3.37. The van der Waals surface area contributed by atoms with E-state index >= 15 is 0 Å². The Hall–Kier alpha value is -1.68. The Kier molecular flexibility index (Phi) is 4.47. The molecule has 112 valence electrons. The van der Waals surface area contributed by atoms with Gasteiger partial charge in [0.15, 0.2) is 5.13 Å². The molecule has 21 heavy (non-hydrogen) atoms. The van der Waals surface area contributed by atoms with Crippen molar-refractivity contribution in [2.45, 2.75) is 46.5 Å². The van der Waals surface area contributed by atoms with Crippen molar-refractivity contribution >= 4 is 22.4 Å². The smallest absolute Gasteiger partial charge is 0.230 e. The van der Waals surface area contributed by atoms with Gasteiger partial charge in [0.05, 0.1) is 12.1 Å². The summed E-state index contributed by atoms with van der Waals surface area (Å²) in [7, 11) is 0. The first kappa shape index (κ1) is 15.7. The molecular formula is C17H22N2OS. The lowest BCUT2D eigenvalue weighted by Gasteiger charge is -2.14. The minimum absolute atomic E-state index is 0.00697. The average Bonchev–Trinajstić information content (AvgIpc) is 2.81. The molecule has 1 heterocycles. The van der Waals surface area contributed by atoms with E-state index in [9.17, 15) is 4.79 Å². The first-order chi connectivity index (χ1) is 9.75. The molecule has 0 radical (unpaired) electrons. The van der Waals surface area contributed by atoms with Gasteiger partial charge in [-0.05, 0) is 25.0 Å². The van der Waals surface area contributed by atoms with Crippen LogP contribution in [0.1, 0.15) is 43.2 Å². The molecule has 0 spiro atoms. The summed E-state index contributed by atoms with van der Waals surface area (Å²) in [4.78, 5) is 16.6. The largest absolute Gasteiger partial charge is 0.302 e. The summed E-state index contributed by atoms with van der Waals surface area (Å²) >= 11 is 1.48. The van der Waals surface area contributed by atoms with Crippen molar-refractivity contribution in [3.05, 3.63) is 46.0 Å². The third-order valence-corrected chi connectivity index (χ3v) is 4.13. The number of hydrogen-bond donors (Lipinski definition) is 1. The summed E-state index contributed by atoms with van der Waals surface area (Å²) in [5, 5.41) is 5.58. The minimum atomic E-state index is -0.0169. The maximum absolute atomic E-state index is 12.1. The second-order valence-corrected chi connectivity index (χ2v) is 7.30. The number of benzene rings is 1. The highest BCUT2D eigenvalue weighted by Gasteiger charge is 2.18. The highest BCUT2D eigenvalue weighted by Crippen LogP contribution is 2.26. The maximum atomic E-state index is 12.1. The summed E-state index contributed by atoms with van der Waals surface area (Å²) < 4.78 is 0. The number of carbonyl (C=O) groups excluding carboxylic acids is 1. The minimum Gasteiger partial charge on any atom is -0.302 e. The Balaban J connectivity index is 2.03. The number of rotatable bonds is 3. The Morgan fingerprint density at radius 2 is 2.00 bits per heavy atom. The number of aryl methyl sites for hydroxylation is 2. The van der Waals surface area contributed by atoms with Crippen molar-refractivity contribution in [3.8, 4) is 0 Å². The summed E-state index contributed by atoms with van der Waals surface area (Å²) in [5.41, 5.74) is 4.44. The van der Waals surface area contributed by atoms with E-state index in [1.165, 1.54) is 16.9 Å². The molecule has 3 nitrogen and oxygen atoms in total. The van der Waals surface area contributed by atoms with Gasteiger partial charge in [0, 0.05) is 10.8 Å². The fraction of sp³-hybridized carbons (Fsp3) is 0.412. The number of nitrogens with zero attached hydrogens (tertiary/aromatic N) is 1. The molecule has 2 rings (SSSR count). The second-order valence-electron chi connectivity index (χ2n) is 6.44. The third kappa shape index (κ3) is 4.14. The van der Waals surface area contributed by atoms with Crippen molar-refractivity contribution < 1.29 is 4.79 Å². The summed E-state index contributed by atoms with van der Waals surface area (Å²) in [5.74, 6) is -0.0169. The van der Waals surface area contributed by atoms with Gasteiger partial charge >= 0.3 is 0 Å². The number of nitrogens with one attached hydrogen (secondary N) is 1. The number of thiazole rings is 1. The van der Waals surface area contributed by atoms with Crippen LogP contribution in [0.5, 0.6) is 0 Å². The molecule has 0 aliphatic carbocycles. The van der Waals surface area contributed by atoms with Crippen molar-refractivity contribution in [2.75, 3.05) is 5.32 Å². The summed E-state index contributed by atoms with van der Waals surface area (Å²) in [6.45, 7) is 10.4. The van der Waals surface area contributed by atoms with E-state index in [0.717, 1.165) is 16.8 Å². The summed E-state index contributed by atoms with van der Waals surface area (Å²) in [6, 6.07) is 6.16. The molecule has 1 aromatic heterocycles. The predicted molar refractivity (Wildman–Crippen MR) is 89.1 cm³/mol. The van der Waals surface area contributed by atoms with Crippen LogP contribution in [0.25, 0.3) is 0 Å². The summed E-state index contributed by atoms with van der Waals surface area (Å²) in [6.07, 6.45) is 0.385. The molecule has 0 saturated carbocycles. The predicted octanol–water partition coefficient (Wildman–Crippen LogP) is 4.24. The van der Waals surface area contributed by atoms with Gasteiger partial charge in [-0.3, -0.25) is 4.79 Å². The lowest BCUT2D eigenvalue weighted by atomic mass is 9.93. The Morgan fingerprint density at radius 3 is 2.57 bits per heavy atom. The fourth-order valence-corrected chi connectivity index (χ4v) is 3.01. The molecule has 0 aliphatic heterocycles. The monoisotopic (exact) mass is 302 g/mol. The van der Waals surface area contributed by atoms with E-state index in [-0.39, 0.29) is 11.3 Å². The zero-order valence-corrected chi connectivity index (χ0v) is 14.1. The van der Waals surface area contributed by atoms with Gasteiger partial charge in [0.2, 0.25) is 5.91 Å². The first-order valence-corrected chi connectivity index (χ1v) is 7.95. The average molecular weight is 302 g/mol. The van der Waals surface area contributed by atoms with Crippen LogP contribution in [0.2, 0.25) is 0 Å².